The van der Waals surface area contributed by atoms with Gasteiger partial charge in [0.25, 0.3) is 0 Å². The number of sulfone groups is 1. The molecule has 3 heterocycles. The summed E-state index contributed by atoms with van der Waals surface area (Å²) in [6.07, 6.45) is 4.28. The normalized spacial score (nSPS) is 18.0. The molecular weight excluding hydrogens is 418 g/mol. The highest BCUT2D eigenvalue weighted by Crippen LogP contribution is 2.30. The third kappa shape index (κ3) is 4.39. The predicted octanol–water partition coefficient (Wildman–Crippen LogP) is 3.68. The van der Waals surface area contributed by atoms with Gasteiger partial charge in [0.15, 0.2) is 20.8 Å². The van der Waals surface area contributed by atoms with Gasteiger partial charge in [-0.25, -0.2) is 13.4 Å². The lowest BCUT2D eigenvalue weighted by molar-refractivity contribution is 0.102. The molecule has 1 saturated heterocycles. The Morgan fingerprint density at radius 2 is 2.00 bits per heavy atom. The maximum Gasteiger partial charge on any atom is 0.175 e. The molecule has 158 valence electrons. The fraction of sp³-hybridized carbons (Fsp3) is 0.364. The molecule has 1 aliphatic heterocycles. The summed E-state index contributed by atoms with van der Waals surface area (Å²) in [5.74, 6) is 0.703. The molecule has 30 heavy (non-hydrogen) atoms. The van der Waals surface area contributed by atoms with Crippen LogP contribution < -0.4 is 0 Å². The van der Waals surface area contributed by atoms with Gasteiger partial charge in [0.2, 0.25) is 0 Å². The molecule has 0 saturated carbocycles. The fourth-order valence-electron chi connectivity index (χ4n) is 4.14. The highest BCUT2D eigenvalue weighted by atomic mass is 32.2. The first-order valence-electron chi connectivity index (χ1n) is 9.94. The van der Waals surface area contributed by atoms with Crippen LogP contribution in [0, 0.1) is 13.8 Å². The summed E-state index contributed by atoms with van der Waals surface area (Å²) in [5, 5.41) is 0.808. The minimum Gasteiger partial charge on any atom is -0.344 e. The van der Waals surface area contributed by atoms with E-state index in [9.17, 15) is 13.2 Å². The highest BCUT2D eigenvalue weighted by Gasteiger charge is 2.31. The minimum atomic E-state index is -2.98. The predicted molar refractivity (Wildman–Crippen MR) is 119 cm³/mol. The number of carbonyl (C=O) groups excluding carboxylic acids is 1. The number of benzene rings is 1. The molecule has 1 aromatic carbocycles. The van der Waals surface area contributed by atoms with Crippen LogP contribution in [0.1, 0.15) is 39.8 Å². The van der Waals surface area contributed by atoms with Crippen molar-refractivity contribution in [3.05, 3.63) is 71.3 Å². The standard InChI is InChI=1S/C22H25N3O3S2/c1-16-12-20(17(2)25(16)19-8-11-30(27,28)15-19)21(26)14-29-22-23-9-10-24(22)13-18-6-4-3-5-7-18/h3-7,9-10,12,19H,8,11,13-15H2,1-2H3/t19-/m1/s1. The average Bonchev–Trinajstić information content (AvgIpc) is 3.38. The average molecular weight is 444 g/mol. The molecule has 0 N–H and O–H groups in total. The maximum atomic E-state index is 12.9. The van der Waals surface area contributed by atoms with Crippen LogP contribution in [0.2, 0.25) is 0 Å². The number of nitrogens with zero attached hydrogens (tertiary/aromatic N) is 3. The number of hydrogen-bond acceptors (Lipinski definition) is 5. The highest BCUT2D eigenvalue weighted by molar-refractivity contribution is 7.99. The van der Waals surface area contributed by atoms with E-state index in [-0.39, 0.29) is 23.3 Å². The molecule has 1 aliphatic rings. The Bertz CT molecular complexity index is 1160. The van der Waals surface area contributed by atoms with Crippen molar-refractivity contribution in [1.82, 2.24) is 14.1 Å². The van der Waals surface area contributed by atoms with E-state index in [1.54, 1.807) is 6.20 Å². The smallest absolute Gasteiger partial charge is 0.175 e. The van der Waals surface area contributed by atoms with E-state index < -0.39 is 9.84 Å². The van der Waals surface area contributed by atoms with Gasteiger partial charge in [-0.3, -0.25) is 4.79 Å². The molecule has 0 spiro atoms. The van der Waals surface area contributed by atoms with Gasteiger partial charge in [0.1, 0.15) is 0 Å². The molecule has 0 aliphatic carbocycles. The van der Waals surface area contributed by atoms with Crippen LogP contribution in [-0.4, -0.2) is 45.6 Å². The van der Waals surface area contributed by atoms with E-state index in [1.165, 1.54) is 17.3 Å². The number of imidazole rings is 1. The molecule has 4 rings (SSSR count). The molecule has 1 atom stereocenters. The van der Waals surface area contributed by atoms with E-state index in [0.717, 1.165) is 16.5 Å². The second-order valence-electron chi connectivity index (χ2n) is 7.75. The molecular formula is C22H25N3O3S2. The van der Waals surface area contributed by atoms with Crippen molar-refractivity contribution in [3.63, 3.8) is 0 Å². The lowest BCUT2D eigenvalue weighted by Gasteiger charge is -2.16. The summed E-state index contributed by atoms with van der Waals surface area (Å²) in [7, 11) is -2.98. The number of aryl methyl sites for hydroxylation is 1. The third-order valence-electron chi connectivity index (χ3n) is 5.56. The number of hydrogen-bond donors (Lipinski definition) is 0. The van der Waals surface area contributed by atoms with Gasteiger partial charge in [-0.1, -0.05) is 42.1 Å². The zero-order valence-electron chi connectivity index (χ0n) is 17.1. The van der Waals surface area contributed by atoms with Gasteiger partial charge in [-0.2, -0.15) is 0 Å². The van der Waals surface area contributed by atoms with Crippen molar-refractivity contribution < 1.29 is 13.2 Å². The lowest BCUT2D eigenvalue weighted by atomic mass is 10.2. The Balaban J connectivity index is 1.46. The Morgan fingerprint density at radius 1 is 1.23 bits per heavy atom. The second-order valence-corrected chi connectivity index (χ2v) is 10.9. The molecule has 0 radical (unpaired) electrons. The van der Waals surface area contributed by atoms with Crippen LogP contribution in [0.5, 0.6) is 0 Å². The number of rotatable bonds is 7. The maximum absolute atomic E-state index is 12.9. The molecule has 0 unspecified atom stereocenters. The Labute approximate surface area is 181 Å². The van der Waals surface area contributed by atoms with Crippen LogP contribution in [0.15, 0.2) is 53.9 Å². The Kier molecular flexibility index (Phi) is 5.88. The van der Waals surface area contributed by atoms with E-state index in [0.29, 0.717) is 24.3 Å². The minimum absolute atomic E-state index is 0.0365. The fourth-order valence-corrected chi connectivity index (χ4v) is 6.69. The molecule has 6 nitrogen and oxygen atoms in total. The number of carbonyl (C=O) groups is 1. The zero-order valence-corrected chi connectivity index (χ0v) is 18.7. The first kappa shape index (κ1) is 20.9. The third-order valence-corrected chi connectivity index (χ3v) is 8.32. The Morgan fingerprint density at radius 3 is 2.70 bits per heavy atom. The van der Waals surface area contributed by atoms with E-state index in [2.05, 4.69) is 17.1 Å². The molecule has 0 amide bonds. The number of aromatic nitrogens is 3. The lowest BCUT2D eigenvalue weighted by Crippen LogP contribution is -2.14. The summed E-state index contributed by atoms with van der Waals surface area (Å²) >= 11 is 1.43. The number of ketones is 1. The molecule has 2 aromatic heterocycles. The second kappa shape index (κ2) is 8.43. The van der Waals surface area contributed by atoms with Crippen LogP contribution in [0.25, 0.3) is 0 Å². The van der Waals surface area contributed by atoms with Gasteiger partial charge in [-0.15, -0.1) is 0 Å². The summed E-state index contributed by atoms with van der Waals surface area (Å²) in [6.45, 7) is 4.56. The summed E-state index contributed by atoms with van der Waals surface area (Å²) in [5.41, 5.74) is 3.64. The van der Waals surface area contributed by atoms with Crippen LogP contribution in [-0.2, 0) is 16.4 Å². The van der Waals surface area contributed by atoms with E-state index >= 15 is 0 Å². The van der Waals surface area contributed by atoms with E-state index in [1.807, 2.05) is 53.4 Å². The number of thioether (sulfide) groups is 1. The zero-order chi connectivity index (χ0) is 21.3. The van der Waals surface area contributed by atoms with Gasteiger partial charge >= 0.3 is 0 Å². The molecule has 1 fully saturated rings. The van der Waals surface area contributed by atoms with Crippen LogP contribution >= 0.6 is 11.8 Å². The van der Waals surface area contributed by atoms with Crippen molar-refractivity contribution in [2.75, 3.05) is 17.3 Å². The number of Topliss-reactive ketones (excluding diaryl/α,β-unsaturated/α-hetero) is 1. The van der Waals surface area contributed by atoms with Crippen molar-refractivity contribution in [1.29, 1.82) is 0 Å². The van der Waals surface area contributed by atoms with Crippen molar-refractivity contribution in [3.8, 4) is 0 Å². The molecule has 0 bridgehead atoms. The quantitative estimate of drug-likeness (QED) is 0.411. The molecule has 3 aromatic rings. The van der Waals surface area contributed by atoms with Crippen LogP contribution in [0.3, 0.4) is 0 Å². The van der Waals surface area contributed by atoms with Gasteiger partial charge in [0, 0.05) is 41.9 Å². The summed E-state index contributed by atoms with van der Waals surface area (Å²) in [6, 6.07) is 12.0. The van der Waals surface area contributed by atoms with Crippen LogP contribution in [0.4, 0.5) is 0 Å². The molecule has 8 heteroatoms. The van der Waals surface area contributed by atoms with Crippen molar-refractivity contribution in [2.45, 2.75) is 38.0 Å². The summed E-state index contributed by atoms with van der Waals surface area (Å²) < 4.78 is 27.8. The first-order chi connectivity index (χ1) is 14.3. The largest absolute Gasteiger partial charge is 0.344 e. The van der Waals surface area contributed by atoms with Gasteiger partial charge < -0.3 is 9.13 Å². The summed E-state index contributed by atoms with van der Waals surface area (Å²) in [4.78, 5) is 17.4. The Hall–Kier alpha value is -2.32. The first-order valence-corrected chi connectivity index (χ1v) is 12.7. The van der Waals surface area contributed by atoms with E-state index in [4.69, 9.17) is 0 Å². The van der Waals surface area contributed by atoms with Gasteiger partial charge in [0.05, 0.1) is 17.3 Å². The van der Waals surface area contributed by atoms with Gasteiger partial charge in [-0.05, 0) is 31.9 Å². The topological polar surface area (TPSA) is 74.0 Å². The monoisotopic (exact) mass is 443 g/mol. The van der Waals surface area contributed by atoms with Crippen molar-refractivity contribution >= 4 is 27.4 Å². The van der Waals surface area contributed by atoms with Crippen molar-refractivity contribution in [2.24, 2.45) is 0 Å². The SMILES string of the molecule is Cc1cc(C(=O)CSc2nccn2Cc2ccccc2)c(C)n1[C@@H]1CCS(=O)(=O)C1.